The van der Waals surface area contributed by atoms with E-state index in [9.17, 15) is 4.79 Å². The molecule has 2 aliphatic rings. The number of guanidine groups is 1. The van der Waals surface area contributed by atoms with Crippen molar-refractivity contribution < 1.29 is 9.53 Å². The molecule has 132 valence electrons. The molecule has 1 N–H and O–H groups in total. The van der Waals surface area contributed by atoms with Gasteiger partial charge in [-0.25, -0.2) is 0 Å². The quantitative estimate of drug-likeness (QED) is 0.480. The molecule has 0 saturated carbocycles. The number of hydrogen-bond donors (Lipinski definition) is 1. The van der Waals surface area contributed by atoms with E-state index < -0.39 is 0 Å². The van der Waals surface area contributed by atoms with Crippen LogP contribution in [0.3, 0.4) is 0 Å². The number of ether oxygens (including phenoxy) is 1. The van der Waals surface area contributed by atoms with E-state index in [1.54, 1.807) is 0 Å². The van der Waals surface area contributed by atoms with Crippen molar-refractivity contribution >= 4 is 11.9 Å². The molecule has 6 heteroatoms. The summed E-state index contributed by atoms with van der Waals surface area (Å²) in [5, 5.41) is 3.48. The summed E-state index contributed by atoms with van der Waals surface area (Å²) < 4.78 is 4.84. The zero-order chi connectivity index (χ0) is 16.7. The number of nitrogens with zero attached hydrogens (tertiary/aromatic N) is 3. The minimum atomic E-state index is -0.0771. The molecule has 0 aromatic rings. The van der Waals surface area contributed by atoms with Crippen molar-refractivity contribution in [3.8, 4) is 0 Å². The van der Waals surface area contributed by atoms with E-state index in [0.717, 1.165) is 45.0 Å². The maximum atomic E-state index is 11.6. The summed E-state index contributed by atoms with van der Waals surface area (Å²) in [5.41, 5.74) is 0. The first-order valence-electron chi connectivity index (χ1n) is 8.93. The Bertz CT molecular complexity index is 405. The van der Waals surface area contributed by atoms with Crippen LogP contribution < -0.4 is 5.32 Å². The maximum absolute atomic E-state index is 11.6. The summed E-state index contributed by atoms with van der Waals surface area (Å²) in [4.78, 5) is 20.8. The highest BCUT2D eigenvalue weighted by Crippen LogP contribution is 2.18. The lowest BCUT2D eigenvalue weighted by Crippen LogP contribution is -2.49. The molecule has 1 atom stereocenters. The fraction of sp³-hybridized carbons (Fsp3) is 0.882. The van der Waals surface area contributed by atoms with Crippen molar-refractivity contribution in [2.45, 2.75) is 45.1 Å². The predicted octanol–water partition coefficient (Wildman–Crippen LogP) is 1.32. The van der Waals surface area contributed by atoms with E-state index in [0.29, 0.717) is 6.04 Å². The van der Waals surface area contributed by atoms with Crippen molar-refractivity contribution in [1.29, 1.82) is 0 Å². The van der Waals surface area contributed by atoms with Crippen molar-refractivity contribution in [3.05, 3.63) is 0 Å². The van der Waals surface area contributed by atoms with Crippen molar-refractivity contribution in [2.75, 3.05) is 46.9 Å². The van der Waals surface area contributed by atoms with E-state index in [-0.39, 0.29) is 11.9 Å². The van der Waals surface area contributed by atoms with E-state index in [2.05, 4.69) is 27.0 Å². The molecule has 2 heterocycles. The SMILES string of the molecule is CN=C(NCCN1CCCCC1C)N1CCC(C(=O)OC)CC1. The highest BCUT2D eigenvalue weighted by atomic mass is 16.5. The molecule has 0 radical (unpaired) electrons. The number of methoxy groups -OCH3 is 1. The average molecular weight is 324 g/mol. The van der Waals surface area contributed by atoms with E-state index in [4.69, 9.17) is 4.74 Å². The van der Waals surface area contributed by atoms with Gasteiger partial charge >= 0.3 is 5.97 Å². The molecule has 23 heavy (non-hydrogen) atoms. The third-order valence-corrected chi connectivity index (χ3v) is 5.16. The van der Waals surface area contributed by atoms with Crippen molar-refractivity contribution in [3.63, 3.8) is 0 Å². The maximum Gasteiger partial charge on any atom is 0.308 e. The molecule has 2 rings (SSSR count). The summed E-state index contributed by atoms with van der Waals surface area (Å²) in [6, 6.07) is 0.698. The van der Waals surface area contributed by atoms with Crippen LogP contribution in [0.15, 0.2) is 4.99 Å². The van der Waals surface area contributed by atoms with Gasteiger partial charge in [-0.2, -0.15) is 0 Å². The summed E-state index contributed by atoms with van der Waals surface area (Å²) in [5.74, 6) is 0.924. The third-order valence-electron chi connectivity index (χ3n) is 5.16. The van der Waals surface area contributed by atoms with Gasteiger partial charge in [0.1, 0.15) is 0 Å². The Kier molecular flexibility index (Phi) is 7.15. The summed E-state index contributed by atoms with van der Waals surface area (Å²) in [6.07, 6.45) is 5.69. The molecule has 0 amide bonds. The summed E-state index contributed by atoms with van der Waals surface area (Å²) in [7, 11) is 3.30. The highest BCUT2D eigenvalue weighted by Gasteiger charge is 2.27. The molecule has 2 fully saturated rings. The molecule has 0 aromatic carbocycles. The smallest absolute Gasteiger partial charge is 0.308 e. The van der Waals surface area contributed by atoms with Gasteiger partial charge in [-0.1, -0.05) is 6.42 Å². The first kappa shape index (κ1) is 18.0. The van der Waals surface area contributed by atoms with Crippen LogP contribution >= 0.6 is 0 Å². The number of likely N-dealkylation sites (tertiary alicyclic amines) is 2. The van der Waals surface area contributed by atoms with Crippen LogP contribution in [-0.4, -0.2) is 74.7 Å². The number of nitrogens with one attached hydrogen (secondary N) is 1. The average Bonchev–Trinajstić information content (AvgIpc) is 2.60. The van der Waals surface area contributed by atoms with Crippen molar-refractivity contribution in [1.82, 2.24) is 15.1 Å². The number of carbonyl (C=O) groups is 1. The summed E-state index contributed by atoms with van der Waals surface area (Å²) >= 11 is 0. The largest absolute Gasteiger partial charge is 0.469 e. The molecule has 0 spiro atoms. The molecule has 2 saturated heterocycles. The van der Waals surface area contributed by atoms with E-state index in [1.807, 2.05) is 7.05 Å². The van der Waals surface area contributed by atoms with Gasteiger partial charge < -0.3 is 15.0 Å². The third kappa shape index (κ3) is 5.09. The van der Waals surface area contributed by atoms with E-state index >= 15 is 0 Å². The molecule has 6 nitrogen and oxygen atoms in total. The fourth-order valence-corrected chi connectivity index (χ4v) is 3.63. The van der Waals surface area contributed by atoms with Crippen LogP contribution in [0.5, 0.6) is 0 Å². The Labute approximate surface area is 140 Å². The van der Waals surface area contributed by atoms with E-state index in [1.165, 1.54) is 32.9 Å². The number of aliphatic imine (C=N–C) groups is 1. The van der Waals surface area contributed by atoms with Crippen LogP contribution in [0.25, 0.3) is 0 Å². The first-order valence-corrected chi connectivity index (χ1v) is 8.93. The lowest BCUT2D eigenvalue weighted by molar-refractivity contribution is -0.146. The second-order valence-electron chi connectivity index (χ2n) is 6.64. The minimum absolute atomic E-state index is 0.0450. The zero-order valence-corrected chi connectivity index (χ0v) is 14.9. The van der Waals surface area contributed by atoms with Gasteiger partial charge in [-0.3, -0.25) is 14.7 Å². The van der Waals surface area contributed by atoms with Crippen LogP contribution in [0, 0.1) is 5.92 Å². The number of carbonyl (C=O) groups excluding carboxylic acids is 1. The molecule has 1 unspecified atom stereocenters. The normalized spacial score (nSPS) is 24.6. The number of rotatable bonds is 4. The number of piperidine rings is 2. The Morgan fingerprint density at radius 2 is 1.96 bits per heavy atom. The lowest BCUT2D eigenvalue weighted by Gasteiger charge is -2.35. The van der Waals surface area contributed by atoms with Crippen LogP contribution in [0.4, 0.5) is 0 Å². The Morgan fingerprint density at radius 3 is 2.57 bits per heavy atom. The lowest BCUT2D eigenvalue weighted by atomic mass is 9.97. The minimum Gasteiger partial charge on any atom is -0.469 e. The Balaban J connectivity index is 1.72. The second-order valence-corrected chi connectivity index (χ2v) is 6.64. The topological polar surface area (TPSA) is 57.2 Å². The Morgan fingerprint density at radius 1 is 1.22 bits per heavy atom. The summed E-state index contributed by atoms with van der Waals surface area (Å²) in [6.45, 7) is 7.25. The number of esters is 1. The van der Waals surface area contributed by atoms with Crippen LogP contribution in [0.2, 0.25) is 0 Å². The van der Waals surface area contributed by atoms with Gasteiger partial charge in [0.25, 0.3) is 0 Å². The van der Waals surface area contributed by atoms with Gasteiger partial charge in [0.15, 0.2) is 5.96 Å². The molecular weight excluding hydrogens is 292 g/mol. The second kappa shape index (κ2) is 9.11. The molecule has 0 bridgehead atoms. The fourth-order valence-electron chi connectivity index (χ4n) is 3.63. The predicted molar refractivity (Wildman–Crippen MR) is 92.6 cm³/mol. The van der Waals surface area contributed by atoms with Crippen LogP contribution in [-0.2, 0) is 9.53 Å². The standard InChI is InChI=1S/C17H32N4O2/c1-14-6-4-5-10-20(14)13-9-19-17(18-2)21-11-7-15(8-12-21)16(22)23-3/h14-15H,4-13H2,1-3H3,(H,18,19). The first-order chi connectivity index (χ1) is 11.2. The Hall–Kier alpha value is -1.30. The highest BCUT2D eigenvalue weighted by molar-refractivity contribution is 5.80. The monoisotopic (exact) mass is 324 g/mol. The molecule has 0 aromatic heterocycles. The molecular formula is C17H32N4O2. The van der Waals surface area contributed by atoms with Crippen LogP contribution in [0.1, 0.15) is 39.0 Å². The van der Waals surface area contributed by atoms with Gasteiger partial charge in [0.2, 0.25) is 0 Å². The molecule has 2 aliphatic heterocycles. The zero-order valence-electron chi connectivity index (χ0n) is 14.9. The van der Waals surface area contributed by atoms with Gasteiger partial charge in [0, 0.05) is 39.3 Å². The van der Waals surface area contributed by atoms with Gasteiger partial charge in [-0.05, 0) is 39.2 Å². The molecule has 0 aliphatic carbocycles. The number of hydrogen-bond acceptors (Lipinski definition) is 4. The van der Waals surface area contributed by atoms with Gasteiger partial charge in [-0.15, -0.1) is 0 Å². The van der Waals surface area contributed by atoms with Gasteiger partial charge in [0.05, 0.1) is 13.0 Å². The van der Waals surface area contributed by atoms with Crippen molar-refractivity contribution in [2.24, 2.45) is 10.9 Å².